The molecule has 164 valence electrons. The van der Waals surface area contributed by atoms with E-state index < -0.39 is 5.91 Å². The minimum absolute atomic E-state index is 0.141. The van der Waals surface area contributed by atoms with Crippen LogP contribution in [0.1, 0.15) is 29.8 Å². The number of carbonyl (C=O) groups excluding carboxylic acids is 2. The summed E-state index contributed by atoms with van der Waals surface area (Å²) in [5.41, 5.74) is 1.25. The fraction of sp³-hybridized carbons (Fsp3) is 0.154. The Morgan fingerprint density at radius 3 is 2.31 bits per heavy atom. The summed E-state index contributed by atoms with van der Waals surface area (Å²) in [5.74, 6) is 0.838. The number of para-hydroxylation sites is 1. The number of ether oxygens (including phenoxy) is 1. The third kappa shape index (κ3) is 7.00. The maximum absolute atomic E-state index is 12.8. The van der Waals surface area contributed by atoms with Gasteiger partial charge in [-0.25, -0.2) is 0 Å². The third-order valence-corrected chi connectivity index (χ3v) is 4.67. The number of nitrogens with one attached hydrogen (secondary N) is 2. The Morgan fingerprint density at radius 2 is 1.62 bits per heavy atom. The summed E-state index contributed by atoms with van der Waals surface area (Å²) >= 11 is 5.90. The lowest BCUT2D eigenvalue weighted by atomic mass is 10.1. The van der Waals surface area contributed by atoms with E-state index in [1.54, 1.807) is 36.4 Å². The van der Waals surface area contributed by atoms with Gasteiger partial charge in [0, 0.05) is 17.1 Å². The molecule has 0 spiro atoms. The average Bonchev–Trinajstić information content (AvgIpc) is 2.78. The van der Waals surface area contributed by atoms with Crippen molar-refractivity contribution in [1.29, 1.82) is 0 Å². The molecule has 0 atom stereocenters. The normalized spacial score (nSPS) is 11.2. The Kier molecular flexibility index (Phi) is 8.06. The molecule has 0 aliphatic carbocycles. The van der Waals surface area contributed by atoms with Crippen LogP contribution in [0.25, 0.3) is 6.08 Å². The first-order valence-corrected chi connectivity index (χ1v) is 10.7. The largest absolute Gasteiger partial charge is 0.457 e. The second kappa shape index (κ2) is 11.2. The van der Waals surface area contributed by atoms with Gasteiger partial charge in [-0.05, 0) is 66.1 Å². The van der Waals surface area contributed by atoms with Crippen molar-refractivity contribution in [2.24, 2.45) is 5.92 Å². The summed E-state index contributed by atoms with van der Waals surface area (Å²) in [4.78, 5) is 25.5. The maximum Gasteiger partial charge on any atom is 0.267 e. The van der Waals surface area contributed by atoms with E-state index in [2.05, 4.69) is 10.6 Å². The number of halogens is 1. The molecule has 6 heteroatoms. The van der Waals surface area contributed by atoms with Crippen LogP contribution in [0, 0.1) is 5.92 Å². The van der Waals surface area contributed by atoms with Gasteiger partial charge in [-0.2, -0.15) is 0 Å². The van der Waals surface area contributed by atoms with Crippen LogP contribution in [0.5, 0.6) is 11.5 Å². The van der Waals surface area contributed by atoms with E-state index in [4.69, 9.17) is 16.3 Å². The van der Waals surface area contributed by atoms with Crippen LogP contribution in [0.3, 0.4) is 0 Å². The molecule has 0 aromatic heterocycles. The van der Waals surface area contributed by atoms with Gasteiger partial charge in [0.15, 0.2) is 0 Å². The van der Waals surface area contributed by atoms with Gasteiger partial charge in [-0.3, -0.25) is 9.59 Å². The van der Waals surface area contributed by atoms with Gasteiger partial charge >= 0.3 is 0 Å². The quantitative estimate of drug-likeness (QED) is 0.436. The van der Waals surface area contributed by atoms with Gasteiger partial charge in [0.25, 0.3) is 11.8 Å². The lowest BCUT2D eigenvalue weighted by Gasteiger charge is -2.13. The topological polar surface area (TPSA) is 67.4 Å². The number of amides is 2. The zero-order valence-corrected chi connectivity index (χ0v) is 18.7. The molecule has 0 unspecified atom stereocenters. The minimum atomic E-state index is -0.399. The molecule has 0 heterocycles. The van der Waals surface area contributed by atoms with Crippen LogP contribution in [-0.4, -0.2) is 18.4 Å². The fourth-order valence-electron chi connectivity index (χ4n) is 2.81. The zero-order chi connectivity index (χ0) is 22.9. The lowest BCUT2D eigenvalue weighted by Crippen LogP contribution is -2.36. The second-order valence-electron chi connectivity index (χ2n) is 7.61. The number of hydrogen-bond acceptors (Lipinski definition) is 3. The highest BCUT2D eigenvalue weighted by Crippen LogP contribution is 2.23. The Bertz CT molecular complexity index is 1090. The van der Waals surface area contributed by atoms with Crippen LogP contribution in [-0.2, 0) is 4.79 Å². The Morgan fingerprint density at radius 1 is 0.938 bits per heavy atom. The van der Waals surface area contributed by atoms with E-state index >= 15 is 0 Å². The van der Waals surface area contributed by atoms with Crippen molar-refractivity contribution in [2.45, 2.75) is 13.8 Å². The molecule has 0 aliphatic rings. The first kappa shape index (κ1) is 23.1. The van der Waals surface area contributed by atoms with Crippen molar-refractivity contribution in [3.8, 4) is 11.5 Å². The summed E-state index contributed by atoms with van der Waals surface area (Å²) in [6.07, 6.45) is 1.63. The van der Waals surface area contributed by atoms with Crippen molar-refractivity contribution in [3.05, 3.63) is 101 Å². The highest BCUT2D eigenvalue weighted by molar-refractivity contribution is 6.30. The zero-order valence-electron chi connectivity index (χ0n) is 18.0. The molecule has 0 fully saturated rings. The molecule has 0 saturated carbocycles. The highest BCUT2D eigenvalue weighted by Gasteiger charge is 2.15. The Hall–Kier alpha value is -3.57. The van der Waals surface area contributed by atoms with Crippen LogP contribution < -0.4 is 15.4 Å². The summed E-state index contributed by atoms with van der Waals surface area (Å²) in [7, 11) is 0. The molecule has 3 aromatic rings. The van der Waals surface area contributed by atoms with Crippen molar-refractivity contribution in [2.75, 3.05) is 6.54 Å². The van der Waals surface area contributed by atoms with Gasteiger partial charge in [-0.15, -0.1) is 0 Å². The molecule has 2 N–H and O–H groups in total. The molecule has 0 saturated heterocycles. The molecule has 0 aliphatic heterocycles. The number of benzene rings is 3. The van der Waals surface area contributed by atoms with E-state index in [1.165, 1.54) is 0 Å². The summed E-state index contributed by atoms with van der Waals surface area (Å²) < 4.78 is 5.87. The van der Waals surface area contributed by atoms with Crippen LogP contribution in [0.4, 0.5) is 0 Å². The minimum Gasteiger partial charge on any atom is -0.457 e. The van der Waals surface area contributed by atoms with Crippen LogP contribution >= 0.6 is 11.6 Å². The van der Waals surface area contributed by atoms with Gasteiger partial charge < -0.3 is 15.4 Å². The number of hydrogen-bond donors (Lipinski definition) is 2. The Labute approximate surface area is 193 Å². The van der Waals surface area contributed by atoms with Gasteiger partial charge in [0.1, 0.15) is 17.2 Å². The summed E-state index contributed by atoms with van der Waals surface area (Å²) in [5, 5.41) is 6.10. The standard InChI is InChI=1S/C26H25ClN2O3/c1-18(2)17-28-26(31)24(29-25(30)20-11-13-21(27)14-12-20)16-19-7-6-10-23(15-19)32-22-8-4-3-5-9-22/h3-16,18H,17H2,1-2H3,(H,28,31)(H,29,30)/b24-16+. The summed E-state index contributed by atoms with van der Waals surface area (Å²) in [6, 6.07) is 23.2. The van der Waals surface area contributed by atoms with Crippen LogP contribution in [0.15, 0.2) is 84.6 Å². The second-order valence-corrected chi connectivity index (χ2v) is 8.05. The van der Waals surface area contributed by atoms with E-state index in [1.807, 2.05) is 62.4 Å². The SMILES string of the molecule is CC(C)CNC(=O)/C(=C\c1cccc(Oc2ccccc2)c1)NC(=O)c1ccc(Cl)cc1. The third-order valence-electron chi connectivity index (χ3n) is 4.42. The molecule has 0 radical (unpaired) electrons. The first-order chi connectivity index (χ1) is 15.4. The number of carbonyl (C=O) groups is 2. The smallest absolute Gasteiger partial charge is 0.267 e. The molecular weight excluding hydrogens is 424 g/mol. The van der Waals surface area contributed by atoms with E-state index in [9.17, 15) is 9.59 Å². The van der Waals surface area contributed by atoms with Crippen molar-refractivity contribution in [1.82, 2.24) is 10.6 Å². The van der Waals surface area contributed by atoms with E-state index in [0.29, 0.717) is 34.2 Å². The molecular formula is C26H25ClN2O3. The molecule has 32 heavy (non-hydrogen) atoms. The van der Waals surface area contributed by atoms with Gasteiger partial charge in [0.05, 0.1) is 0 Å². The molecule has 3 aromatic carbocycles. The predicted octanol–water partition coefficient (Wildman–Crippen LogP) is 5.68. The fourth-order valence-corrected chi connectivity index (χ4v) is 2.93. The van der Waals surface area contributed by atoms with Gasteiger partial charge in [0.2, 0.25) is 0 Å². The van der Waals surface area contributed by atoms with Crippen molar-refractivity contribution in [3.63, 3.8) is 0 Å². The lowest BCUT2D eigenvalue weighted by molar-refractivity contribution is -0.117. The first-order valence-electron chi connectivity index (χ1n) is 10.3. The highest BCUT2D eigenvalue weighted by atomic mass is 35.5. The number of rotatable bonds is 8. The monoisotopic (exact) mass is 448 g/mol. The predicted molar refractivity (Wildman–Crippen MR) is 128 cm³/mol. The van der Waals surface area contributed by atoms with Crippen molar-refractivity contribution >= 4 is 29.5 Å². The molecule has 3 rings (SSSR count). The molecule has 5 nitrogen and oxygen atoms in total. The van der Waals surface area contributed by atoms with E-state index in [0.717, 1.165) is 0 Å². The molecule has 2 amide bonds. The summed E-state index contributed by atoms with van der Waals surface area (Å²) in [6.45, 7) is 4.49. The van der Waals surface area contributed by atoms with Crippen LogP contribution in [0.2, 0.25) is 5.02 Å². The van der Waals surface area contributed by atoms with E-state index in [-0.39, 0.29) is 17.5 Å². The molecule has 0 bridgehead atoms. The maximum atomic E-state index is 12.8. The Balaban J connectivity index is 1.84. The van der Waals surface area contributed by atoms with Crippen molar-refractivity contribution < 1.29 is 14.3 Å². The average molecular weight is 449 g/mol. The van der Waals surface area contributed by atoms with Gasteiger partial charge in [-0.1, -0.05) is 55.8 Å².